The number of nitrogen functional groups attached to an aromatic ring is 1. The van der Waals surface area contributed by atoms with Crippen LogP contribution in [0.25, 0.3) is 0 Å². The quantitative estimate of drug-likeness (QED) is 0.572. The Balaban J connectivity index is 1.65. The van der Waals surface area contributed by atoms with Gasteiger partial charge in [-0.2, -0.15) is 0 Å². The number of fused-ring (bicyclic) bond motifs is 1. The number of hydrogen-bond acceptors (Lipinski definition) is 6. The van der Waals surface area contributed by atoms with E-state index in [2.05, 4.69) is 15.7 Å². The van der Waals surface area contributed by atoms with Gasteiger partial charge in [-0.15, -0.1) is 0 Å². The van der Waals surface area contributed by atoms with E-state index in [1.807, 2.05) is 30.3 Å². The van der Waals surface area contributed by atoms with E-state index >= 15 is 0 Å². The van der Waals surface area contributed by atoms with Crippen LogP contribution in [0.15, 0.2) is 36.5 Å². The topological polar surface area (TPSA) is 81.4 Å². The first-order chi connectivity index (χ1) is 9.35. The first kappa shape index (κ1) is 11.6. The Morgan fingerprint density at radius 1 is 1.16 bits per heavy atom. The molecule has 3 rings (SSSR count). The Labute approximate surface area is 110 Å². The molecule has 0 atom stereocenters. The van der Waals surface area contributed by atoms with E-state index in [1.54, 1.807) is 6.20 Å². The highest BCUT2D eigenvalue weighted by Gasteiger charge is 2.12. The molecule has 1 aromatic carbocycles. The van der Waals surface area contributed by atoms with Crippen molar-refractivity contribution < 1.29 is 9.47 Å². The molecule has 0 unspecified atom stereocenters. The molecular formula is C13H14N4O2. The highest BCUT2D eigenvalue weighted by Crippen LogP contribution is 2.32. The van der Waals surface area contributed by atoms with E-state index in [0.717, 1.165) is 22.7 Å². The minimum Gasteiger partial charge on any atom is -0.454 e. The molecule has 4 N–H and O–H groups in total. The summed E-state index contributed by atoms with van der Waals surface area (Å²) in [7, 11) is 0. The molecule has 0 bridgehead atoms. The number of nitrogens with zero attached hydrogens (tertiary/aromatic N) is 1. The summed E-state index contributed by atoms with van der Waals surface area (Å²) in [6.07, 6.45) is 1.72. The van der Waals surface area contributed by atoms with Crippen molar-refractivity contribution in [3.8, 4) is 11.5 Å². The maximum absolute atomic E-state index is 5.34. The van der Waals surface area contributed by atoms with Crippen LogP contribution in [-0.2, 0) is 6.54 Å². The SMILES string of the molecule is NNc1ccc(NCc2ccc3c(c2)OCO3)cn1. The fourth-order valence-electron chi connectivity index (χ4n) is 1.84. The Kier molecular flexibility index (Phi) is 3.07. The van der Waals surface area contributed by atoms with Crippen molar-refractivity contribution in [3.63, 3.8) is 0 Å². The fraction of sp³-hybridized carbons (Fsp3) is 0.154. The number of nitrogens with two attached hydrogens (primary N) is 1. The predicted octanol–water partition coefficient (Wildman–Crippen LogP) is 1.71. The third kappa shape index (κ3) is 2.53. The van der Waals surface area contributed by atoms with Crippen molar-refractivity contribution in [3.05, 3.63) is 42.1 Å². The van der Waals surface area contributed by atoms with Crippen LogP contribution in [-0.4, -0.2) is 11.8 Å². The van der Waals surface area contributed by atoms with Gasteiger partial charge in [0, 0.05) is 6.54 Å². The molecule has 98 valence electrons. The maximum Gasteiger partial charge on any atom is 0.231 e. The first-order valence-corrected chi connectivity index (χ1v) is 5.90. The van der Waals surface area contributed by atoms with Gasteiger partial charge in [0.25, 0.3) is 0 Å². The Morgan fingerprint density at radius 2 is 2.05 bits per heavy atom. The van der Waals surface area contributed by atoms with Crippen molar-refractivity contribution in [2.45, 2.75) is 6.54 Å². The predicted molar refractivity (Wildman–Crippen MR) is 71.9 cm³/mol. The monoisotopic (exact) mass is 258 g/mol. The molecule has 1 aliphatic heterocycles. The zero-order valence-corrected chi connectivity index (χ0v) is 10.2. The number of nitrogens with one attached hydrogen (secondary N) is 2. The molecule has 2 heterocycles. The maximum atomic E-state index is 5.34. The van der Waals surface area contributed by atoms with Crippen molar-refractivity contribution >= 4 is 11.5 Å². The van der Waals surface area contributed by atoms with Gasteiger partial charge in [0.05, 0.1) is 11.9 Å². The van der Waals surface area contributed by atoms with E-state index in [9.17, 15) is 0 Å². The van der Waals surface area contributed by atoms with Gasteiger partial charge in [-0.05, 0) is 29.8 Å². The molecule has 0 amide bonds. The van der Waals surface area contributed by atoms with Gasteiger partial charge >= 0.3 is 0 Å². The van der Waals surface area contributed by atoms with Gasteiger partial charge in [0.15, 0.2) is 11.5 Å². The van der Waals surface area contributed by atoms with Crippen LogP contribution < -0.4 is 26.1 Å². The standard InChI is InChI=1S/C13H14N4O2/c14-17-13-4-2-10(7-16-13)15-6-9-1-3-11-12(5-9)19-8-18-11/h1-5,7,15H,6,8,14H2,(H,16,17). The van der Waals surface area contributed by atoms with E-state index in [0.29, 0.717) is 19.2 Å². The third-order valence-electron chi connectivity index (χ3n) is 2.84. The molecule has 0 radical (unpaired) electrons. The van der Waals surface area contributed by atoms with Crippen LogP contribution in [0.3, 0.4) is 0 Å². The normalized spacial score (nSPS) is 12.3. The lowest BCUT2D eigenvalue weighted by atomic mass is 10.2. The average Bonchev–Trinajstić information content (AvgIpc) is 2.93. The van der Waals surface area contributed by atoms with Gasteiger partial charge in [0.1, 0.15) is 5.82 Å². The zero-order valence-electron chi connectivity index (χ0n) is 10.2. The minimum atomic E-state index is 0.295. The van der Waals surface area contributed by atoms with E-state index in [-0.39, 0.29) is 0 Å². The summed E-state index contributed by atoms with van der Waals surface area (Å²) in [6, 6.07) is 9.61. The molecule has 0 saturated carbocycles. The number of benzene rings is 1. The largest absolute Gasteiger partial charge is 0.454 e. The number of ether oxygens (including phenoxy) is 2. The molecule has 2 aromatic rings. The molecule has 0 aliphatic carbocycles. The first-order valence-electron chi connectivity index (χ1n) is 5.90. The number of rotatable bonds is 4. The second-order valence-electron chi connectivity index (χ2n) is 4.12. The van der Waals surface area contributed by atoms with Crippen molar-refractivity contribution in [1.29, 1.82) is 0 Å². The summed E-state index contributed by atoms with van der Waals surface area (Å²) in [5.41, 5.74) is 4.53. The summed E-state index contributed by atoms with van der Waals surface area (Å²) >= 11 is 0. The second-order valence-corrected chi connectivity index (χ2v) is 4.12. The Hall–Kier alpha value is -2.47. The lowest BCUT2D eigenvalue weighted by molar-refractivity contribution is 0.174. The number of anilines is 2. The summed E-state index contributed by atoms with van der Waals surface area (Å²) in [6.45, 7) is 0.984. The van der Waals surface area contributed by atoms with Crippen molar-refractivity contribution in [1.82, 2.24) is 4.98 Å². The molecule has 6 heteroatoms. The summed E-state index contributed by atoms with van der Waals surface area (Å²) in [4.78, 5) is 4.12. The number of hydrazine groups is 1. The molecule has 1 aromatic heterocycles. The zero-order chi connectivity index (χ0) is 13.1. The van der Waals surface area contributed by atoms with Crippen molar-refractivity contribution in [2.24, 2.45) is 5.84 Å². The van der Waals surface area contributed by atoms with Gasteiger partial charge in [0.2, 0.25) is 6.79 Å². The highest BCUT2D eigenvalue weighted by atomic mass is 16.7. The molecule has 0 spiro atoms. The van der Waals surface area contributed by atoms with Crippen LogP contribution in [0.5, 0.6) is 11.5 Å². The average molecular weight is 258 g/mol. The Bertz CT molecular complexity index is 571. The molecule has 0 fully saturated rings. The van der Waals surface area contributed by atoms with Crippen LogP contribution in [0.4, 0.5) is 11.5 Å². The van der Waals surface area contributed by atoms with E-state index in [4.69, 9.17) is 15.3 Å². The number of hydrogen-bond donors (Lipinski definition) is 3. The summed E-state index contributed by atoms with van der Waals surface area (Å²) < 4.78 is 10.6. The minimum absolute atomic E-state index is 0.295. The fourth-order valence-corrected chi connectivity index (χ4v) is 1.84. The Morgan fingerprint density at radius 3 is 2.84 bits per heavy atom. The van der Waals surface area contributed by atoms with E-state index in [1.165, 1.54) is 0 Å². The third-order valence-corrected chi connectivity index (χ3v) is 2.84. The van der Waals surface area contributed by atoms with Crippen LogP contribution in [0.2, 0.25) is 0 Å². The van der Waals surface area contributed by atoms with Crippen LogP contribution in [0.1, 0.15) is 5.56 Å². The second kappa shape index (κ2) is 5.03. The lowest BCUT2D eigenvalue weighted by Crippen LogP contribution is -2.08. The lowest BCUT2D eigenvalue weighted by Gasteiger charge is -2.07. The van der Waals surface area contributed by atoms with Crippen molar-refractivity contribution in [2.75, 3.05) is 17.5 Å². The highest BCUT2D eigenvalue weighted by molar-refractivity contribution is 5.49. The van der Waals surface area contributed by atoms with Gasteiger partial charge in [-0.3, -0.25) is 0 Å². The number of aromatic nitrogens is 1. The number of pyridine rings is 1. The smallest absolute Gasteiger partial charge is 0.231 e. The van der Waals surface area contributed by atoms with Crippen LogP contribution >= 0.6 is 0 Å². The molecule has 1 aliphatic rings. The van der Waals surface area contributed by atoms with Gasteiger partial charge in [-0.25, -0.2) is 10.8 Å². The molecular weight excluding hydrogens is 244 g/mol. The molecule has 19 heavy (non-hydrogen) atoms. The summed E-state index contributed by atoms with van der Waals surface area (Å²) in [5.74, 6) is 7.48. The van der Waals surface area contributed by atoms with Gasteiger partial charge < -0.3 is 20.2 Å². The van der Waals surface area contributed by atoms with Crippen LogP contribution in [0, 0.1) is 0 Å². The molecule has 0 saturated heterocycles. The molecule has 6 nitrogen and oxygen atoms in total. The summed E-state index contributed by atoms with van der Waals surface area (Å²) in [5, 5.41) is 3.28. The van der Waals surface area contributed by atoms with Gasteiger partial charge in [-0.1, -0.05) is 6.07 Å². The van der Waals surface area contributed by atoms with E-state index < -0.39 is 0 Å².